The van der Waals surface area contributed by atoms with Crippen molar-refractivity contribution in [2.45, 2.75) is 40.2 Å². The van der Waals surface area contributed by atoms with Crippen LogP contribution in [-0.4, -0.2) is 32.8 Å². The topological polar surface area (TPSA) is 77.3 Å². The van der Waals surface area contributed by atoms with Gasteiger partial charge in [0, 0.05) is 12.1 Å². The molecule has 1 amide bonds. The van der Waals surface area contributed by atoms with E-state index in [0.717, 1.165) is 10.8 Å². The highest BCUT2D eigenvalue weighted by molar-refractivity contribution is 6.35. The summed E-state index contributed by atoms with van der Waals surface area (Å²) >= 11 is 6.26. The van der Waals surface area contributed by atoms with Crippen LogP contribution in [-0.2, 0) is 4.74 Å². The predicted molar refractivity (Wildman–Crippen MR) is 114 cm³/mol. The Hall–Kier alpha value is -3.00. The number of amides is 1. The first-order valence-corrected chi connectivity index (χ1v) is 9.75. The van der Waals surface area contributed by atoms with Crippen LogP contribution < -0.4 is 10.5 Å². The summed E-state index contributed by atoms with van der Waals surface area (Å²) in [5.41, 5.74) is -0.652. The van der Waals surface area contributed by atoms with Crippen LogP contribution in [0.1, 0.15) is 33.3 Å². The Labute approximate surface area is 178 Å². The lowest BCUT2D eigenvalue weighted by Gasteiger charge is -2.28. The number of carbonyl (C=O) groups excluding carboxylic acids is 1. The van der Waals surface area contributed by atoms with Crippen molar-refractivity contribution in [1.29, 1.82) is 0 Å². The molecule has 7 nitrogen and oxygen atoms in total. The molecule has 3 aromatic rings. The van der Waals surface area contributed by atoms with Crippen molar-refractivity contribution in [2.75, 3.05) is 11.4 Å². The van der Waals surface area contributed by atoms with Gasteiger partial charge in [0.25, 0.3) is 5.56 Å². The van der Waals surface area contributed by atoms with E-state index in [2.05, 4.69) is 9.97 Å². The molecule has 0 unspecified atom stereocenters. The smallest absolute Gasteiger partial charge is 0.417 e. The minimum absolute atomic E-state index is 0.0120. The molecule has 0 aliphatic carbocycles. The standard InChI is InChI=1S/C21H22ClFN4O3/c1-6-26(20(29)30-21(3,4)5)19-25-15-9-7-8-13(22)17(15)18(28)27(19)16-11-24-10-14(23)12(16)2/h7-11H,6H2,1-5H3. The number of benzene rings is 1. The fourth-order valence-corrected chi connectivity index (χ4v) is 3.21. The molecule has 0 atom stereocenters. The Balaban J connectivity index is 2.39. The summed E-state index contributed by atoms with van der Waals surface area (Å²) in [5.74, 6) is -0.605. The lowest BCUT2D eigenvalue weighted by Crippen LogP contribution is -2.40. The van der Waals surface area contributed by atoms with Crippen molar-refractivity contribution in [1.82, 2.24) is 14.5 Å². The van der Waals surface area contributed by atoms with E-state index in [4.69, 9.17) is 16.3 Å². The van der Waals surface area contributed by atoms with Gasteiger partial charge in [0.2, 0.25) is 5.95 Å². The Kier molecular flexibility index (Phi) is 5.81. The lowest BCUT2D eigenvalue weighted by atomic mass is 10.2. The minimum atomic E-state index is -0.758. The summed E-state index contributed by atoms with van der Waals surface area (Å²) in [6.45, 7) is 8.61. The van der Waals surface area contributed by atoms with E-state index in [1.807, 2.05) is 0 Å². The fraction of sp³-hybridized carbons (Fsp3) is 0.333. The van der Waals surface area contributed by atoms with E-state index in [-0.39, 0.29) is 34.2 Å². The number of carbonyl (C=O) groups is 1. The molecule has 0 spiro atoms. The third kappa shape index (κ3) is 4.00. The Morgan fingerprint density at radius 1 is 1.30 bits per heavy atom. The molecule has 30 heavy (non-hydrogen) atoms. The lowest BCUT2D eigenvalue weighted by molar-refractivity contribution is 0.0579. The van der Waals surface area contributed by atoms with Crippen LogP contribution in [0.4, 0.5) is 15.1 Å². The summed E-state index contributed by atoms with van der Waals surface area (Å²) < 4.78 is 20.9. The first-order chi connectivity index (χ1) is 14.0. The zero-order chi connectivity index (χ0) is 22.2. The number of fused-ring (bicyclic) bond motifs is 1. The second-order valence-electron chi connectivity index (χ2n) is 7.68. The van der Waals surface area contributed by atoms with Crippen LogP contribution in [0.3, 0.4) is 0 Å². The summed E-state index contributed by atoms with van der Waals surface area (Å²) in [7, 11) is 0. The Morgan fingerprint density at radius 3 is 2.63 bits per heavy atom. The summed E-state index contributed by atoms with van der Waals surface area (Å²) in [4.78, 5) is 35.9. The fourth-order valence-electron chi connectivity index (χ4n) is 2.96. The van der Waals surface area contributed by atoms with Crippen molar-refractivity contribution in [3.8, 4) is 5.69 Å². The molecular weight excluding hydrogens is 411 g/mol. The van der Waals surface area contributed by atoms with E-state index in [1.54, 1.807) is 45.9 Å². The monoisotopic (exact) mass is 432 g/mol. The maximum Gasteiger partial charge on any atom is 0.417 e. The summed E-state index contributed by atoms with van der Waals surface area (Å²) in [5, 5.41) is 0.361. The molecule has 0 radical (unpaired) electrons. The van der Waals surface area contributed by atoms with Gasteiger partial charge in [0.1, 0.15) is 11.4 Å². The molecule has 9 heteroatoms. The largest absolute Gasteiger partial charge is 0.443 e. The average Bonchev–Trinajstić information content (AvgIpc) is 2.64. The van der Waals surface area contributed by atoms with Crippen molar-refractivity contribution in [2.24, 2.45) is 0 Å². The summed E-state index contributed by atoms with van der Waals surface area (Å²) in [6.07, 6.45) is 1.71. The first kappa shape index (κ1) is 21.7. The zero-order valence-corrected chi connectivity index (χ0v) is 18.1. The first-order valence-electron chi connectivity index (χ1n) is 9.37. The number of ether oxygens (including phenoxy) is 1. The Bertz CT molecular complexity index is 1190. The van der Waals surface area contributed by atoms with Gasteiger partial charge in [-0.1, -0.05) is 17.7 Å². The van der Waals surface area contributed by atoms with E-state index in [1.165, 1.54) is 18.0 Å². The van der Waals surface area contributed by atoms with Crippen molar-refractivity contribution >= 4 is 34.5 Å². The zero-order valence-electron chi connectivity index (χ0n) is 17.4. The predicted octanol–water partition coefficient (Wildman–Crippen LogP) is 4.64. The maximum atomic E-state index is 14.3. The molecule has 2 heterocycles. The highest BCUT2D eigenvalue weighted by Gasteiger charge is 2.28. The molecule has 3 rings (SSSR count). The van der Waals surface area contributed by atoms with Crippen LogP contribution in [0.15, 0.2) is 35.4 Å². The van der Waals surface area contributed by atoms with Gasteiger partial charge in [-0.3, -0.25) is 9.78 Å². The number of pyridine rings is 1. The molecule has 2 aromatic heterocycles. The molecule has 0 aliphatic heterocycles. The quantitative estimate of drug-likeness (QED) is 0.602. The number of hydrogen-bond donors (Lipinski definition) is 0. The van der Waals surface area contributed by atoms with Crippen LogP contribution in [0, 0.1) is 12.7 Å². The van der Waals surface area contributed by atoms with E-state index >= 15 is 0 Å². The second kappa shape index (κ2) is 8.02. The normalized spacial score (nSPS) is 11.6. The molecule has 0 saturated heterocycles. The van der Waals surface area contributed by atoms with Gasteiger partial charge >= 0.3 is 6.09 Å². The third-order valence-electron chi connectivity index (χ3n) is 4.37. The number of anilines is 1. The third-order valence-corrected chi connectivity index (χ3v) is 4.68. The number of hydrogen-bond acceptors (Lipinski definition) is 5. The molecule has 0 fully saturated rings. The van der Waals surface area contributed by atoms with Gasteiger partial charge in [-0.2, -0.15) is 0 Å². The molecular formula is C21H22ClFN4O3. The molecule has 0 bridgehead atoms. The molecule has 158 valence electrons. The second-order valence-corrected chi connectivity index (χ2v) is 8.08. The molecule has 0 aliphatic rings. The van der Waals surface area contributed by atoms with Crippen LogP contribution in [0.2, 0.25) is 5.02 Å². The highest BCUT2D eigenvalue weighted by atomic mass is 35.5. The molecule has 1 aromatic carbocycles. The van der Waals surface area contributed by atoms with Crippen molar-refractivity contribution in [3.63, 3.8) is 0 Å². The van der Waals surface area contributed by atoms with E-state index in [0.29, 0.717) is 5.52 Å². The number of aromatic nitrogens is 3. The highest BCUT2D eigenvalue weighted by Crippen LogP contribution is 2.26. The minimum Gasteiger partial charge on any atom is -0.443 e. The summed E-state index contributed by atoms with van der Waals surface area (Å²) in [6, 6.07) is 4.85. The van der Waals surface area contributed by atoms with Gasteiger partial charge < -0.3 is 4.74 Å². The van der Waals surface area contributed by atoms with Crippen LogP contribution in [0.5, 0.6) is 0 Å². The number of halogens is 2. The van der Waals surface area contributed by atoms with Gasteiger partial charge in [-0.05, 0) is 46.8 Å². The van der Waals surface area contributed by atoms with Gasteiger partial charge in [-0.15, -0.1) is 0 Å². The van der Waals surface area contributed by atoms with E-state index in [9.17, 15) is 14.0 Å². The van der Waals surface area contributed by atoms with Crippen molar-refractivity contribution in [3.05, 3.63) is 57.3 Å². The van der Waals surface area contributed by atoms with Crippen LogP contribution >= 0.6 is 11.6 Å². The van der Waals surface area contributed by atoms with E-state index < -0.39 is 23.1 Å². The number of rotatable bonds is 3. The number of nitrogens with zero attached hydrogens (tertiary/aromatic N) is 4. The SMILES string of the molecule is CCN(C(=O)OC(C)(C)C)c1nc2cccc(Cl)c2c(=O)n1-c1cncc(F)c1C. The van der Waals surface area contributed by atoms with Gasteiger partial charge in [0.05, 0.1) is 34.0 Å². The van der Waals surface area contributed by atoms with Gasteiger partial charge in [-0.25, -0.2) is 23.6 Å². The average molecular weight is 433 g/mol. The van der Waals surface area contributed by atoms with Gasteiger partial charge in [0.15, 0.2) is 0 Å². The molecule has 0 saturated carbocycles. The molecule has 0 N–H and O–H groups in total. The Morgan fingerprint density at radius 2 is 2.00 bits per heavy atom. The maximum absolute atomic E-state index is 14.3. The van der Waals surface area contributed by atoms with Crippen molar-refractivity contribution < 1.29 is 13.9 Å². The van der Waals surface area contributed by atoms with Crippen LogP contribution in [0.25, 0.3) is 16.6 Å².